The summed E-state index contributed by atoms with van der Waals surface area (Å²) in [7, 11) is 1.38. The van der Waals surface area contributed by atoms with Gasteiger partial charge in [0, 0.05) is 29.0 Å². The second-order valence-electron chi connectivity index (χ2n) is 6.42. The molecule has 0 fully saturated rings. The summed E-state index contributed by atoms with van der Waals surface area (Å²) in [5, 5.41) is 1.01. The summed E-state index contributed by atoms with van der Waals surface area (Å²) in [5.41, 5.74) is 0.629. The molecule has 0 bridgehead atoms. The van der Waals surface area contributed by atoms with E-state index in [9.17, 15) is 4.79 Å². The maximum atomic E-state index is 13.0. The number of methoxy groups -OCH3 is 2. The third-order valence-corrected chi connectivity index (χ3v) is 6.57. The Labute approximate surface area is 159 Å². The predicted octanol–water partition coefficient (Wildman–Crippen LogP) is 3.31. The van der Waals surface area contributed by atoms with E-state index in [2.05, 4.69) is 42.2 Å². The first-order chi connectivity index (χ1) is 11.2. The van der Waals surface area contributed by atoms with Crippen LogP contribution in [-0.2, 0) is 4.74 Å². The lowest BCUT2D eigenvalue weighted by Gasteiger charge is -2.28. The molecule has 1 amide bonds. The second-order valence-corrected chi connectivity index (χ2v) is 12.6. The first-order valence-corrected chi connectivity index (χ1v) is 12.6. The van der Waals surface area contributed by atoms with Gasteiger partial charge in [-0.3, -0.25) is 4.79 Å². The van der Waals surface area contributed by atoms with Crippen LogP contribution in [0.25, 0.3) is 0 Å². The summed E-state index contributed by atoms with van der Waals surface area (Å²) >= 11 is 2.18. The minimum Gasteiger partial charge on any atom is -0.496 e. The van der Waals surface area contributed by atoms with Crippen molar-refractivity contribution in [3.63, 3.8) is 0 Å². The number of rotatable bonds is 8. The molecular weight excluding hydrogens is 437 g/mol. The van der Waals surface area contributed by atoms with Crippen molar-refractivity contribution in [1.29, 1.82) is 0 Å². The molecule has 0 radical (unpaired) electrons. The summed E-state index contributed by atoms with van der Waals surface area (Å²) in [5.74, 6) is 1.39. The van der Waals surface area contributed by atoms with Crippen LogP contribution in [0.1, 0.15) is 24.2 Å². The highest BCUT2D eigenvalue weighted by Gasteiger charge is 2.32. The van der Waals surface area contributed by atoms with E-state index in [0.717, 1.165) is 14.5 Å². The Hall–Kier alpha value is -0.803. The van der Waals surface area contributed by atoms with E-state index < -0.39 is 8.07 Å². The fourth-order valence-electron chi connectivity index (χ4n) is 2.62. The number of ether oxygens (including phenoxy) is 3. The molecule has 0 heterocycles. The van der Waals surface area contributed by atoms with Crippen LogP contribution in [0.5, 0.6) is 11.5 Å². The number of halogens is 1. The van der Waals surface area contributed by atoms with Gasteiger partial charge in [0.2, 0.25) is 0 Å². The topological polar surface area (TPSA) is 48.0 Å². The molecule has 24 heavy (non-hydrogen) atoms. The Morgan fingerprint density at radius 3 is 2.21 bits per heavy atom. The van der Waals surface area contributed by atoms with Crippen molar-refractivity contribution in [2.75, 3.05) is 34.1 Å². The van der Waals surface area contributed by atoms with Gasteiger partial charge >= 0.3 is 0 Å². The Morgan fingerprint density at radius 2 is 1.79 bits per heavy atom. The number of amides is 1. The van der Waals surface area contributed by atoms with Crippen LogP contribution in [0.3, 0.4) is 0 Å². The van der Waals surface area contributed by atoms with Crippen LogP contribution in [0, 0.1) is 3.57 Å². The molecule has 0 aliphatic heterocycles. The van der Waals surface area contributed by atoms with Gasteiger partial charge in [0.15, 0.2) is 6.79 Å². The van der Waals surface area contributed by atoms with E-state index in [1.807, 2.05) is 24.8 Å². The van der Waals surface area contributed by atoms with Crippen LogP contribution in [0.2, 0.25) is 19.6 Å². The monoisotopic (exact) mass is 465 g/mol. The van der Waals surface area contributed by atoms with Crippen molar-refractivity contribution in [3.05, 3.63) is 15.2 Å². The Morgan fingerprint density at radius 1 is 1.21 bits per heavy atom. The summed E-state index contributed by atoms with van der Waals surface area (Å²) in [6.07, 6.45) is 0. The van der Waals surface area contributed by atoms with Gasteiger partial charge in [0.05, 0.1) is 20.7 Å². The molecular formula is C17H28INO4Si. The van der Waals surface area contributed by atoms with E-state index >= 15 is 0 Å². The molecule has 0 unspecified atom stereocenters. The number of nitrogens with zero attached hydrogens (tertiary/aromatic N) is 1. The van der Waals surface area contributed by atoms with Crippen LogP contribution in [0.15, 0.2) is 6.07 Å². The Bertz CT molecular complexity index is 583. The van der Waals surface area contributed by atoms with Gasteiger partial charge in [-0.1, -0.05) is 19.6 Å². The third kappa shape index (κ3) is 4.63. The lowest BCUT2D eigenvalue weighted by molar-refractivity contribution is 0.0516. The first-order valence-electron chi connectivity index (χ1n) is 8.04. The smallest absolute Gasteiger partial charge is 0.258 e. The normalized spacial score (nSPS) is 11.3. The van der Waals surface area contributed by atoms with Crippen molar-refractivity contribution in [1.82, 2.24) is 4.90 Å². The fourth-order valence-corrected chi connectivity index (χ4v) is 5.17. The Kier molecular flexibility index (Phi) is 8.01. The van der Waals surface area contributed by atoms with Crippen LogP contribution in [0.4, 0.5) is 0 Å². The SMILES string of the molecule is CCN(CC)C(=O)c1c(I)cc(OCOC)c([Si](C)(C)C)c1OC. The van der Waals surface area contributed by atoms with E-state index in [1.165, 1.54) is 0 Å². The molecule has 0 atom stereocenters. The molecule has 0 saturated carbocycles. The molecule has 0 aliphatic rings. The predicted molar refractivity (Wildman–Crippen MR) is 108 cm³/mol. The maximum absolute atomic E-state index is 13.0. The van der Waals surface area contributed by atoms with E-state index in [0.29, 0.717) is 24.4 Å². The number of hydrogen-bond donors (Lipinski definition) is 0. The molecule has 5 nitrogen and oxygen atoms in total. The molecule has 0 spiro atoms. The molecule has 0 aliphatic carbocycles. The molecule has 0 saturated heterocycles. The lowest BCUT2D eigenvalue weighted by atomic mass is 10.1. The first kappa shape index (κ1) is 21.2. The maximum Gasteiger partial charge on any atom is 0.258 e. The quantitative estimate of drug-likeness (QED) is 0.336. The molecule has 0 aromatic heterocycles. The fraction of sp³-hybridized carbons (Fsp3) is 0.588. The molecule has 1 rings (SSSR count). The largest absolute Gasteiger partial charge is 0.496 e. The minimum atomic E-state index is -1.83. The number of benzene rings is 1. The van der Waals surface area contributed by atoms with Crippen molar-refractivity contribution < 1.29 is 19.0 Å². The highest BCUT2D eigenvalue weighted by atomic mass is 127. The standard InChI is InChI=1S/C17H28INO4Si/c1-8-19(9-2)17(20)14-12(18)10-13(23-11-21-3)16(15(14)22-4)24(5,6)7/h10H,8-9,11H2,1-7H3. The van der Waals surface area contributed by atoms with Crippen molar-refractivity contribution in [2.45, 2.75) is 33.5 Å². The molecule has 7 heteroatoms. The second kappa shape index (κ2) is 9.05. The zero-order valence-corrected chi connectivity index (χ0v) is 18.8. The van der Waals surface area contributed by atoms with Gasteiger partial charge in [0.25, 0.3) is 5.91 Å². The van der Waals surface area contributed by atoms with Gasteiger partial charge in [0.1, 0.15) is 11.5 Å². The Balaban J connectivity index is 3.64. The minimum absolute atomic E-state index is 0.000887. The van der Waals surface area contributed by atoms with E-state index in [1.54, 1.807) is 14.2 Å². The zero-order chi connectivity index (χ0) is 18.5. The van der Waals surface area contributed by atoms with Gasteiger partial charge in [-0.25, -0.2) is 0 Å². The van der Waals surface area contributed by atoms with Gasteiger partial charge < -0.3 is 19.1 Å². The van der Waals surface area contributed by atoms with Crippen molar-refractivity contribution >= 4 is 41.8 Å². The van der Waals surface area contributed by atoms with E-state index in [4.69, 9.17) is 14.2 Å². The summed E-state index contributed by atoms with van der Waals surface area (Å²) in [6, 6.07) is 1.92. The number of hydrogen-bond acceptors (Lipinski definition) is 4. The molecule has 1 aromatic rings. The summed E-state index contributed by atoms with van der Waals surface area (Å²) < 4.78 is 17.4. The van der Waals surface area contributed by atoms with Gasteiger partial charge in [-0.15, -0.1) is 0 Å². The van der Waals surface area contributed by atoms with Crippen molar-refractivity contribution in [3.8, 4) is 11.5 Å². The molecule has 0 N–H and O–H groups in total. The highest BCUT2D eigenvalue weighted by molar-refractivity contribution is 14.1. The van der Waals surface area contributed by atoms with Crippen LogP contribution in [-0.4, -0.2) is 53.0 Å². The third-order valence-electron chi connectivity index (χ3n) is 3.75. The number of carbonyl (C=O) groups excluding carboxylic acids is 1. The molecule has 136 valence electrons. The van der Waals surface area contributed by atoms with Gasteiger partial charge in [-0.2, -0.15) is 0 Å². The van der Waals surface area contributed by atoms with Crippen molar-refractivity contribution in [2.24, 2.45) is 0 Å². The average Bonchev–Trinajstić information content (AvgIpc) is 2.51. The number of carbonyl (C=O) groups is 1. The zero-order valence-electron chi connectivity index (χ0n) is 15.7. The molecule has 1 aromatic carbocycles. The van der Waals surface area contributed by atoms with Crippen LogP contribution < -0.4 is 14.7 Å². The summed E-state index contributed by atoms with van der Waals surface area (Å²) in [4.78, 5) is 14.8. The van der Waals surface area contributed by atoms with Crippen LogP contribution >= 0.6 is 22.6 Å². The summed E-state index contributed by atoms with van der Waals surface area (Å²) in [6.45, 7) is 12.1. The lowest BCUT2D eigenvalue weighted by Crippen LogP contribution is -2.42. The van der Waals surface area contributed by atoms with Gasteiger partial charge in [-0.05, 0) is 42.5 Å². The van der Waals surface area contributed by atoms with E-state index in [-0.39, 0.29) is 12.7 Å². The average molecular weight is 465 g/mol. The highest BCUT2D eigenvalue weighted by Crippen LogP contribution is 2.32.